The maximum Gasteiger partial charge on any atom is 0.322 e. The first-order valence-electron chi connectivity index (χ1n) is 5.78. The Kier molecular flexibility index (Phi) is 6.75. The predicted molar refractivity (Wildman–Crippen MR) is 65.4 cm³/mol. The molecule has 0 aliphatic rings. The predicted octanol–water partition coefficient (Wildman–Crippen LogP) is -0.609. The maximum atomic E-state index is 11.3. The van der Waals surface area contributed by atoms with Crippen LogP contribution >= 0.6 is 0 Å². The van der Waals surface area contributed by atoms with Crippen LogP contribution in [0.25, 0.3) is 0 Å². The lowest BCUT2D eigenvalue weighted by Gasteiger charge is -2.23. The van der Waals surface area contributed by atoms with Crippen molar-refractivity contribution < 1.29 is 19.2 Å². The molecule has 0 saturated heterocycles. The van der Waals surface area contributed by atoms with Gasteiger partial charge in [0.25, 0.3) is 0 Å². The lowest BCUT2D eigenvalue weighted by Crippen LogP contribution is -2.42. The quantitative estimate of drug-likeness (QED) is 0.393. The fourth-order valence-corrected chi connectivity index (χ4v) is 1.38. The van der Waals surface area contributed by atoms with Gasteiger partial charge < -0.3 is 20.6 Å². The van der Waals surface area contributed by atoms with Crippen molar-refractivity contribution in [3.63, 3.8) is 0 Å². The summed E-state index contributed by atoms with van der Waals surface area (Å²) in [4.78, 5) is 21.6. The summed E-state index contributed by atoms with van der Waals surface area (Å²) in [5.41, 5.74) is 5.64. The van der Waals surface area contributed by atoms with E-state index in [9.17, 15) is 9.59 Å². The number of carbonyl (C=O) groups excluding carboxylic acids is 1. The van der Waals surface area contributed by atoms with Gasteiger partial charge in [-0.05, 0) is 19.3 Å². The molecule has 6 heteroatoms. The van der Waals surface area contributed by atoms with Crippen LogP contribution in [0.3, 0.4) is 0 Å². The Hall–Kier alpha value is -1.14. The number of nitrogens with zero attached hydrogens (tertiary/aromatic N) is 1. The second kappa shape index (κ2) is 7.24. The highest BCUT2D eigenvalue weighted by atomic mass is 16.4. The topological polar surface area (TPSA) is 92.4 Å². The molecule has 0 radical (unpaired) electrons. The van der Waals surface area contributed by atoms with E-state index in [4.69, 9.17) is 10.8 Å². The number of carboxylic acids is 1. The van der Waals surface area contributed by atoms with Crippen molar-refractivity contribution in [3.8, 4) is 0 Å². The maximum absolute atomic E-state index is 11.3. The number of aliphatic carboxylic acids is 1. The summed E-state index contributed by atoms with van der Waals surface area (Å²) < 4.78 is 0.889. The summed E-state index contributed by atoms with van der Waals surface area (Å²) in [6.45, 7) is 0.662. The van der Waals surface area contributed by atoms with Gasteiger partial charge in [0.15, 0.2) is 0 Å². The second-order valence-electron chi connectivity index (χ2n) is 5.23. The van der Waals surface area contributed by atoms with E-state index >= 15 is 0 Å². The van der Waals surface area contributed by atoms with E-state index < -0.39 is 17.9 Å². The Morgan fingerprint density at radius 2 is 1.88 bits per heavy atom. The van der Waals surface area contributed by atoms with E-state index in [1.54, 1.807) is 0 Å². The van der Waals surface area contributed by atoms with Gasteiger partial charge in [0.05, 0.1) is 33.7 Å². The fourth-order valence-electron chi connectivity index (χ4n) is 1.38. The normalized spacial score (nSPS) is 13.2. The number of hydrogen-bond acceptors (Lipinski definition) is 3. The lowest BCUT2D eigenvalue weighted by atomic mass is 10.1. The van der Waals surface area contributed by atoms with Crippen LogP contribution in [0.4, 0.5) is 0 Å². The van der Waals surface area contributed by atoms with Crippen molar-refractivity contribution in [2.75, 3.05) is 34.2 Å². The minimum Gasteiger partial charge on any atom is -0.480 e. The molecule has 100 valence electrons. The van der Waals surface area contributed by atoms with E-state index in [-0.39, 0.29) is 6.54 Å². The molecule has 0 saturated carbocycles. The number of carboxylic acid groups (broad SMARTS) is 1. The molecule has 1 atom stereocenters. The van der Waals surface area contributed by atoms with Gasteiger partial charge in [-0.25, -0.2) is 0 Å². The minimum absolute atomic E-state index is 0.370. The van der Waals surface area contributed by atoms with Gasteiger partial charge in [-0.2, -0.15) is 0 Å². The van der Waals surface area contributed by atoms with Crippen molar-refractivity contribution >= 4 is 11.9 Å². The summed E-state index contributed by atoms with van der Waals surface area (Å²) in [6, 6.07) is -0.609. The summed E-state index contributed by atoms with van der Waals surface area (Å²) in [7, 11) is 6.33. The Balaban J connectivity index is 3.68. The number of nitrogens with two attached hydrogens (primary N) is 1. The molecule has 0 heterocycles. The number of quaternary nitrogens is 1. The van der Waals surface area contributed by atoms with Crippen molar-refractivity contribution in [1.29, 1.82) is 0 Å². The number of carbonyl (C=O) groups is 2. The Bertz CT molecular complexity index is 261. The van der Waals surface area contributed by atoms with Crippen LogP contribution in [-0.4, -0.2) is 61.7 Å². The Labute approximate surface area is 102 Å². The number of amides is 1. The van der Waals surface area contributed by atoms with Crippen molar-refractivity contribution in [3.05, 3.63) is 0 Å². The standard InChI is InChI=1S/C11H23N3O3/c1-14(2,3)7-5-4-6-9(12)11(17)13-8-10(15)16/h9H,4-8,12H2,1-3H3,(H-,13,15,16,17)/p+1/t9-/m0/s1. The van der Waals surface area contributed by atoms with Gasteiger partial charge in [-0.3, -0.25) is 9.59 Å². The first kappa shape index (κ1) is 15.9. The van der Waals surface area contributed by atoms with Crippen LogP contribution in [0.5, 0.6) is 0 Å². The first-order chi connectivity index (χ1) is 7.72. The molecule has 17 heavy (non-hydrogen) atoms. The molecule has 0 aromatic carbocycles. The number of unbranched alkanes of at least 4 members (excludes halogenated alkanes) is 1. The van der Waals surface area contributed by atoms with Gasteiger partial charge >= 0.3 is 5.97 Å². The van der Waals surface area contributed by atoms with Gasteiger partial charge in [-0.1, -0.05) is 0 Å². The van der Waals surface area contributed by atoms with Crippen molar-refractivity contribution in [1.82, 2.24) is 5.32 Å². The zero-order chi connectivity index (χ0) is 13.5. The zero-order valence-electron chi connectivity index (χ0n) is 10.9. The summed E-state index contributed by atoms with van der Waals surface area (Å²) in [5.74, 6) is -1.45. The smallest absolute Gasteiger partial charge is 0.322 e. The summed E-state index contributed by atoms with van der Waals surface area (Å²) in [6.07, 6.45) is 2.46. The molecular formula is C11H24N3O3+. The molecule has 0 aliphatic heterocycles. The van der Waals surface area contributed by atoms with Crippen LogP contribution in [0.1, 0.15) is 19.3 Å². The molecule has 0 aliphatic carbocycles. The molecule has 0 unspecified atom stereocenters. The largest absolute Gasteiger partial charge is 0.480 e. The van der Waals surface area contributed by atoms with Gasteiger partial charge in [0.1, 0.15) is 6.54 Å². The SMILES string of the molecule is C[N+](C)(C)CCCC[C@H](N)C(=O)NCC(=O)O. The first-order valence-corrected chi connectivity index (χ1v) is 5.78. The number of nitrogens with one attached hydrogen (secondary N) is 1. The average Bonchev–Trinajstić information content (AvgIpc) is 2.19. The van der Waals surface area contributed by atoms with Crippen LogP contribution in [0.2, 0.25) is 0 Å². The highest BCUT2D eigenvalue weighted by molar-refractivity contribution is 5.84. The molecule has 0 rings (SSSR count). The van der Waals surface area contributed by atoms with Crippen LogP contribution in [-0.2, 0) is 9.59 Å². The monoisotopic (exact) mass is 246 g/mol. The van der Waals surface area contributed by atoms with E-state index in [0.29, 0.717) is 6.42 Å². The van der Waals surface area contributed by atoms with Crippen LogP contribution in [0.15, 0.2) is 0 Å². The fraction of sp³-hybridized carbons (Fsp3) is 0.818. The number of rotatable bonds is 8. The van der Waals surface area contributed by atoms with E-state index in [1.807, 2.05) is 0 Å². The number of hydrogen-bond donors (Lipinski definition) is 3. The molecule has 0 aromatic heterocycles. The second-order valence-corrected chi connectivity index (χ2v) is 5.23. The molecule has 6 nitrogen and oxygen atoms in total. The van der Waals surface area contributed by atoms with Crippen LogP contribution < -0.4 is 11.1 Å². The lowest BCUT2D eigenvalue weighted by molar-refractivity contribution is -0.870. The third-order valence-electron chi connectivity index (χ3n) is 2.34. The van der Waals surface area contributed by atoms with Gasteiger partial charge in [0.2, 0.25) is 5.91 Å². The zero-order valence-corrected chi connectivity index (χ0v) is 10.9. The third kappa shape index (κ3) is 9.77. The Morgan fingerprint density at radius 3 is 2.35 bits per heavy atom. The van der Waals surface area contributed by atoms with Crippen molar-refractivity contribution in [2.45, 2.75) is 25.3 Å². The van der Waals surface area contributed by atoms with Crippen LogP contribution in [0, 0.1) is 0 Å². The molecule has 0 spiro atoms. The van der Waals surface area contributed by atoms with E-state index in [1.165, 1.54) is 0 Å². The molecule has 1 amide bonds. The Morgan fingerprint density at radius 1 is 1.29 bits per heavy atom. The molecular weight excluding hydrogens is 222 g/mol. The van der Waals surface area contributed by atoms with Crippen molar-refractivity contribution in [2.24, 2.45) is 5.73 Å². The third-order valence-corrected chi connectivity index (χ3v) is 2.34. The average molecular weight is 246 g/mol. The van der Waals surface area contributed by atoms with Gasteiger partial charge in [-0.15, -0.1) is 0 Å². The summed E-state index contributed by atoms with van der Waals surface area (Å²) >= 11 is 0. The van der Waals surface area contributed by atoms with Gasteiger partial charge in [0, 0.05) is 0 Å². The molecule has 0 fully saturated rings. The van der Waals surface area contributed by atoms with E-state index in [2.05, 4.69) is 26.5 Å². The van der Waals surface area contributed by atoms with E-state index in [0.717, 1.165) is 23.9 Å². The highest BCUT2D eigenvalue weighted by Gasteiger charge is 2.14. The molecule has 4 N–H and O–H groups in total. The highest BCUT2D eigenvalue weighted by Crippen LogP contribution is 2.02. The molecule has 0 bridgehead atoms. The molecule has 0 aromatic rings. The summed E-state index contributed by atoms with van der Waals surface area (Å²) in [5, 5.41) is 10.7. The minimum atomic E-state index is -1.06.